The van der Waals surface area contributed by atoms with Crippen molar-refractivity contribution in [2.24, 2.45) is 7.05 Å². The predicted molar refractivity (Wildman–Crippen MR) is 79.0 cm³/mol. The Balaban J connectivity index is 1.71. The first-order valence-electron chi connectivity index (χ1n) is 7.23. The second-order valence-electron chi connectivity index (χ2n) is 5.02. The summed E-state index contributed by atoms with van der Waals surface area (Å²) in [6.07, 6.45) is 3.80. The monoisotopic (exact) mass is 314 g/mol. The molecule has 2 N–H and O–H groups in total. The number of hydrogen-bond donors (Lipinski definition) is 2. The van der Waals surface area contributed by atoms with Gasteiger partial charge in [-0.2, -0.15) is 0 Å². The van der Waals surface area contributed by atoms with Crippen molar-refractivity contribution in [3.8, 4) is 0 Å². The third-order valence-electron chi connectivity index (χ3n) is 3.54. The number of nitrogens with one attached hydrogen (secondary N) is 1. The zero-order valence-electron chi connectivity index (χ0n) is 12.2. The third kappa shape index (κ3) is 4.57. The molecule has 1 aromatic rings. The van der Waals surface area contributed by atoms with E-state index in [1.807, 2.05) is 4.90 Å². The van der Waals surface area contributed by atoms with Crippen LogP contribution in [0.3, 0.4) is 0 Å². The molecule has 0 unspecified atom stereocenters. The number of likely N-dealkylation sites (tertiary alicyclic amines) is 1. The molecule has 1 aromatic heterocycles. The number of amides is 2. The van der Waals surface area contributed by atoms with Gasteiger partial charge in [0.25, 0.3) is 0 Å². The average molecular weight is 314 g/mol. The van der Waals surface area contributed by atoms with E-state index in [0.29, 0.717) is 13.0 Å². The first kappa shape index (κ1) is 16.0. The number of carbonyl (C=O) groups is 1. The fourth-order valence-corrected chi connectivity index (χ4v) is 3.17. The number of nitrogens with zero attached hydrogens (tertiary/aromatic N) is 5. The summed E-state index contributed by atoms with van der Waals surface area (Å²) in [6.45, 7) is 1.47. The number of aliphatic hydroxyl groups is 1. The van der Waals surface area contributed by atoms with Gasteiger partial charge in [-0.25, -0.2) is 9.48 Å². The Labute approximate surface area is 128 Å². The Hall–Kier alpha value is -1.35. The van der Waals surface area contributed by atoms with Crippen LogP contribution in [-0.2, 0) is 7.05 Å². The largest absolute Gasteiger partial charge is 0.396 e. The molecule has 0 aromatic carbocycles. The number of thioether (sulfide) groups is 1. The lowest BCUT2D eigenvalue weighted by molar-refractivity contribution is 0.132. The minimum Gasteiger partial charge on any atom is -0.396 e. The van der Waals surface area contributed by atoms with E-state index < -0.39 is 0 Å². The molecular formula is C12H22N6O2S. The Bertz CT molecular complexity index is 453. The summed E-state index contributed by atoms with van der Waals surface area (Å²) in [7, 11) is 1.79. The Kier molecular flexibility index (Phi) is 6.24. The maximum atomic E-state index is 12.2. The predicted octanol–water partition coefficient (Wildman–Crippen LogP) is 0.249. The summed E-state index contributed by atoms with van der Waals surface area (Å²) in [5.74, 6) is 0.721. The van der Waals surface area contributed by atoms with Crippen molar-refractivity contribution in [2.45, 2.75) is 36.9 Å². The second kappa shape index (κ2) is 8.18. The number of aromatic nitrogens is 4. The summed E-state index contributed by atoms with van der Waals surface area (Å²) < 4.78 is 1.61. The molecule has 0 radical (unpaired) electrons. The number of hydrogen-bond acceptors (Lipinski definition) is 6. The molecule has 1 aliphatic rings. The molecule has 1 atom stereocenters. The summed E-state index contributed by atoms with van der Waals surface area (Å²) in [4.78, 5) is 14.0. The Morgan fingerprint density at radius 1 is 1.52 bits per heavy atom. The van der Waals surface area contributed by atoms with Gasteiger partial charge in [0.2, 0.25) is 5.16 Å². The normalized spacial score (nSPS) is 18.8. The maximum Gasteiger partial charge on any atom is 0.317 e. The van der Waals surface area contributed by atoms with E-state index in [4.69, 9.17) is 5.11 Å². The van der Waals surface area contributed by atoms with E-state index in [2.05, 4.69) is 20.8 Å². The number of piperidine rings is 1. The summed E-state index contributed by atoms with van der Waals surface area (Å²) in [5, 5.41) is 23.9. The fourth-order valence-electron chi connectivity index (χ4n) is 2.46. The van der Waals surface area contributed by atoms with Gasteiger partial charge in [-0.05, 0) is 36.1 Å². The van der Waals surface area contributed by atoms with Crippen molar-refractivity contribution in [1.82, 2.24) is 30.4 Å². The first-order valence-corrected chi connectivity index (χ1v) is 8.21. The number of tetrazole rings is 1. The fraction of sp³-hybridized carbons (Fsp3) is 0.833. The highest BCUT2D eigenvalue weighted by Crippen LogP contribution is 2.19. The average Bonchev–Trinajstić information content (AvgIpc) is 2.90. The number of rotatable bonds is 6. The molecule has 0 spiro atoms. The van der Waals surface area contributed by atoms with Gasteiger partial charge in [0.15, 0.2) is 0 Å². The molecule has 0 bridgehead atoms. The van der Waals surface area contributed by atoms with E-state index in [1.165, 1.54) is 11.8 Å². The quantitative estimate of drug-likeness (QED) is 0.577. The summed E-state index contributed by atoms with van der Waals surface area (Å²) >= 11 is 1.51. The van der Waals surface area contributed by atoms with Gasteiger partial charge < -0.3 is 15.3 Å². The van der Waals surface area contributed by atoms with Crippen LogP contribution in [-0.4, -0.2) is 67.7 Å². The van der Waals surface area contributed by atoms with Crippen LogP contribution in [0.15, 0.2) is 5.16 Å². The van der Waals surface area contributed by atoms with Crippen molar-refractivity contribution < 1.29 is 9.90 Å². The molecule has 118 valence electrons. The molecule has 21 heavy (non-hydrogen) atoms. The zero-order valence-corrected chi connectivity index (χ0v) is 13.1. The van der Waals surface area contributed by atoms with Crippen LogP contribution in [0.25, 0.3) is 0 Å². The van der Waals surface area contributed by atoms with Crippen molar-refractivity contribution in [1.29, 1.82) is 0 Å². The molecule has 2 rings (SSSR count). The molecule has 0 aliphatic carbocycles. The van der Waals surface area contributed by atoms with Gasteiger partial charge in [0.1, 0.15) is 0 Å². The van der Waals surface area contributed by atoms with E-state index in [9.17, 15) is 4.79 Å². The minimum absolute atomic E-state index is 0.0372. The lowest BCUT2D eigenvalue weighted by Gasteiger charge is -2.35. The van der Waals surface area contributed by atoms with Crippen LogP contribution in [0.1, 0.15) is 25.7 Å². The molecule has 9 heteroatoms. The molecule has 2 amide bonds. The molecular weight excluding hydrogens is 292 g/mol. The van der Waals surface area contributed by atoms with Crippen molar-refractivity contribution in [2.75, 3.05) is 25.4 Å². The molecule has 0 saturated carbocycles. The number of aryl methyl sites for hydroxylation is 1. The van der Waals surface area contributed by atoms with Gasteiger partial charge in [-0.3, -0.25) is 0 Å². The maximum absolute atomic E-state index is 12.2. The number of aliphatic hydroxyl groups excluding tert-OH is 1. The number of carbonyl (C=O) groups excluding carboxylic acids is 1. The van der Waals surface area contributed by atoms with Crippen LogP contribution in [0.2, 0.25) is 0 Å². The number of urea groups is 1. The van der Waals surface area contributed by atoms with Gasteiger partial charge in [-0.15, -0.1) is 5.10 Å². The lowest BCUT2D eigenvalue weighted by Crippen LogP contribution is -2.49. The van der Waals surface area contributed by atoms with Crippen LogP contribution in [0, 0.1) is 0 Å². The second-order valence-corrected chi connectivity index (χ2v) is 6.08. The van der Waals surface area contributed by atoms with Crippen molar-refractivity contribution >= 4 is 17.8 Å². The van der Waals surface area contributed by atoms with Crippen molar-refractivity contribution in [3.63, 3.8) is 0 Å². The smallest absolute Gasteiger partial charge is 0.317 e. The van der Waals surface area contributed by atoms with Crippen LogP contribution in [0.5, 0.6) is 0 Å². The minimum atomic E-state index is -0.0372. The van der Waals surface area contributed by atoms with E-state index in [-0.39, 0.29) is 18.7 Å². The lowest BCUT2D eigenvalue weighted by atomic mass is 10.0. The highest BCUT2D eigenvalue weighted by molar-refractivity contribution is 7.99. The zero-order chi connectivity index (χ0) is 15.1. The first-order chi connectivity index (χ1) is 10.2. The summed E-state index contributed by atoms with van der Waals surface area (Å²) in [5.41, 5.74) is 0. The summed E-state index contributed by atoms with van der Waals surface area (Å²) in [6, 6.07) is 0.129. The third-order valence-corrected chi connectivity index (χ3v) is 4.55. The molecule has 8 nitrogen and oxygen atoms in total. The van der Waals surface area contributed by atoms with Gasteiger partial charge in [-0.1, -0.05) is 11.8 Å². The standard InChI is InChI=1S/C12H22N6O2S/c1-17-12(14-15-16-17)21-9-6-13-11(20)18-7-3-2-4-10(18)5-8-19/h10,19H,2-9H2,1H3,(H,13,20)/t10-/m0/s1. The van der Waals surface area contributed by atoms with Gasteiger partial charge in [0, 0.05) is 38.5 Å². The van der Waals surface area contributed by atoms with E-state index >= 15 is 0 Å². The molecule has 1 saturated heterocycles. The van der Waals surface area contributed by atoms with Gasteiger partial charge >= 0.3 is 6.03 Å². The van der Waals surface area contributed by atoms with E-state index in [0.717, 1.165) is 36.7 Å². The van der Waals surface area contributed by atoms with Crippen LogP contribution >= 0.6 is 11.8 Å². The molecule has 1 aliphatic heterocycles. The Morgan fingerprint density at radius 3 is 3.10 bits per heavy atom. The SMILES string of the molecule is Cn1nnnc1SCCNC(=O)N1CCCC[C@H]1CCO. The highest BCUT2D eigenvalue weighted by atomic mass is 32.2. The molecule has 2 heterocycles. The van der Waals surface area contributed by atoms with Crippen LogP contribution < -0.4 is 5.32 Å². The topological polar surface area (TPSA) is 96.2 Å². The van der Waals surface area contributed by atoms with Gasteiger partial charge in [0.05, 0.1) is 0 Å². The Morgan fingerprint density at radius 2 is 2.38 bits per heavy atom. The van der Waals surface area contributed by atoms with Crippen molar-refractivity contribution in [3.05, 3.63) is 0 Å². The van der Waals surface area contributed by atoms with E-state index in [1.54, 1.807) is 11.7 Å². The van der Waals surface area contributed by atoms with Crippen LogP contribution in [0.4, 0.5) is 4.79 Å². The highest BCUT2D eigenvalue weighted by Gasteiger charge is 2.25. The molecule has 1 fully saturated rings.